The van der Waals surface area contributed by atoms with Crippen molar-refractivity contribution in [3.63, 3.8) is 0 Å². The van der Waals surface area contributed by atoms with Crippen LogP contribution in [0.5, 0.6) is 0 Å². The van der Waals surface area contributed by atoms with Gasteiger partial charge in [-0.3, -0.25) is 0 Å². The molecule has 1 aliphatic rings. The Balaban J connectivity index is 1.70. The fourth-order valence-corrected chi connectivity index (χ4v) is 3.00. The molecule has 0 amide bonds. The molecule has 0 spiro atoms. The molecule has 5 heteroatoms. The van der Waals surface area contributed by atoms with Gasteiger partial charge >= 0.3 is 0 Å². The molecule has 0 radical (unpaired) electrons. The Labute approximate surface area is 107 Å². The van der Waals surface area contributed by atoms with Crippen molar-refractivity contribution in [1.82, 2.24) is 15.5 Å². The number of nitrogens with zero attached hydrogens (tertiary/aromatic N) is 2. The van der Waals surface area contributed by atoms with Gasteiger partial charge in [0, 0.05) is 30.7 Å². The lowest BCUT2D eigenvalue weighted by Crippen LogP contribution is -2.35. The van der Waals surface area contributed by atoms with E-state index < -0.39 is 0 Å². The molecule has 0 aromatic carbocycles. The average Bonchev–Trinajstić information content (AvgIpc) is 2.79. The molecule has 0 aliphatic carbocycles. The van der Waals surface area contributed by atoms with Crippen LogP contribution in [0, 0.1) is 0 Å². The number of thioether (sulfide) groups is 1. The highest BCUT2D eigenvalue weighted by Gasteiger charge is 2.14. The van der Waals surface area contributed by atoms with E-state index in [9.17, 15) is 0 Å². The molecule has 1 aromatic rings. The standard InChI is InChI=1S/C12H21N3OS/c1-9(2)12-14-11(16-15-12)5-6-13-10-4-3-7-17-8-10/h9-10,13H,3-8H2,1-2H3/t10-/m0/s1. The number of hydrogen-bond donors (Lipinski definition) is 1. The number of aromatic nitrogens is 2. The van der Waals surface area contributed by atoms with Gasteiger partial charge in [0.15, 0.2) is 5.82 Å². The average molecular weight is 255 g/mol. The minimum absolute atomic E-state index is 0.343. The predicted octanol–water partition coefficient (Wildman–Crippen LogP) is 2.22. The first kappa shape index (κ1) is 12.9. The largest absolute Gasteiger partial charge is 0.339 e. The molecule has 0 unspecified atom stereocenters. The van der Waals surface area contributed by atoms with E-state index in [1.807, 2.05) is 11.8 Å². The van der Waals surface area contributed by atoms with Crippen molar-refractivity contribution >= 4 is 11.8 Å². The van der Waals surface area contributed by atoms with Gasteiger partial charge in [0.05, 0.1) is 0 Å². The maximum absolute atomic E-state index is 5.21. The van der Waals surface area contributed by atoms with Gasteiger partial charge in [-0.15, -0.1) is 0 Å². The first-order valence-electron chi connectivity index (χ1n) is 6.39. The summed E-state index contributed by atoms with van der Waals surface area (Å²) in [7, 11) is 0. The maximum Gasteiger partial charge on any atom is 0.227 e. The third-order valence-electron chi connectivity index (χ3n) is 2.93. The van der Waals surface area contributed by atoms with E-state index in [1.165, 1.54) is 24.3 Å². The summed E-state index contributed by atoms with van der Waals surface area (Å²) >= 11 is 2.04. The lowest BCUT2D eigenvalue weighted by molar-refractivity contribution is 0.365. The summed E-state index contributed by atoms with van der Waals surface area (Å²) < 4.78 is 5.21. The Bertz CT molecular complexity index is 334. The van der Waals surface area contributed by atoms with Crippen molar-refractivity contribution < 1.29 is 4.52 Å². The van der Waals surface area contributed by atoms with E-state index in [-0.39, 0.29) is 0 Å². The summed E-state index contributed by atoms with van der Waals surface area (Å²) in [5.41, 5.74) is 0. The lowest BCUT2D eigenvalue weighted by Gasteiger charge is -2.22. The Morgan fingerprint density at radius 1 is 1.53 bits per heavy atom. The molecule has 17 heavy (non-hydrogen) atoms. The zero-order valence-electron chi connectivity index (χ0n) is 10.6. The number of rotatable bonds is 5. The van der Waals surface area contributed by atoms with Crippen LogP contribution in [-0.2, 0) is 6.42 Å². The van der Waals surface area contributed by atoms with Gasteiger partial charge in [-0.2, -0.15) is 16.7 Å². The summed E-state index contributed by atoms with van der Waals surface area (Å²) in [5, 5.41) is 7.52. The van der Waals surface area contributed by atoms with E-state index in [0.29, 0.717) is 12.0 Å². The summed E-state index contributed by atoms with van der Waals surface area (Å²) in [5.74, 6) is 4.47. The predicted molar refractivity (Wildman–Crippen MR) is 70.4 cm³/mol. The SMILES string of the molecule is CC(C)c1noc(CCN[C@H]2CCCSC2)n1. The van der Waals surface area contributed by atoms with Crippen LogP contribution in [0.2, 0.25) is 0 Å². The van der Waals surface area contributed by atoms with Crippen molar-refractivity contribution in [1.29, 1.82) is 0 Å². The highest BCUT2D eigenvalue weighted by atomic mass is 32.2. The van der Waals surface area contributed by atoms with Crippen molar-refractivity contribution in [2.75, 3.05) is 18.1 Å². The van der Waals surface area contributed by atoms with Crippen LogP contribution >= 0.6 is 11.8 Å². The highest BCUT2D eigenvalue weighted by Crippen LogP contribution is 2.16. The second kappa shape index (κ2) is 6.40. The molecular formula is C12H21N3OS. The van der Waals surface area contributed by atoms with Crippen molar-refractivity contribution in [2.24, 2.45) is 0 Å². The van der Waals surface area contributed by atoms with Crippen LogP contribution < -0.4 is 5.32 Å². The van der Waals surface area contributed by atoms with E-state index in [4.69, 9.17) is 4.52 Å². The Morgan fingerprint density at radius 3 is 3.06 bits per heavy atom. The molecular weight excluding hydrogens is 234 g/mol. The lowest BCUT2D eigenvalue weighted by atomic mass is 10.2. The molecule has 96 valence electrons. The minimum atomic E-state index is 0.343. The number of hydrogen-bond acceptors (Lipinski definition) is 5. The first-order chi connectivity index (χ1) is 8.25. The summed E-state index contributed by atoms with van der Waals surface area (Å²) in [6, 6.07) is 0.668. The molecule has 4 nitrogen and oxygen atoms in total. The van der Waals surface area contributed by atoms with Crippen molar-refractivity contribution in [3.8, 4) is 0 Å². The van der Waals surface area contributed by atoms with Gasteiger partial charge < -0.3 is 9.84 Å². The van der Waals surface area contributed by atoms with E-state index >= 15 is 0 Å². The molecule has 1 atom stereocenters. The van der Waals surface area contributed by atoms with Crippen molar-refractivity contribution in [2.45, 2.75) is 45.1 Å². The Hall–Kier alpha value is -0.550. The van der Waals surface area contributed by atoms with E-state index in [2.05, 4.69) is 29.3 Å². The van der Waals surface area contributed by atoms with Gasteiger partial charge in [-0.1, -0.05) is 19.0 Å². The monoisotopic (exact) mass is 255 g/mol. The quantitative estimate of drug-likeness (QED) is 0.874. The zero-order valence-corrected chi connectivity index (χ0v) is 11.4. The molecule has 0 bridgehead atoms. The van der Waals surface area contributed by atoms with Gasteiger partial charge in [-0.25, -0.2) is 0 Å². The van der Waals surface area contributed by atoms with Crippen molar-refractivity contribution in [3.05, 3.63) is 11.7 Å². The van der Waals surface area contributed by atoms with Gasteiger partial charge in [0.25, 0.3) is 0 Å². The Kier molecular flexibility index (Phi) is 4.86. The van der Waals surface area contributed by atoms with Crippen LogP contribution in [0.1, 0.15) is 44.3 Å². The zero-order chi connectivity index (χ0) is 12.1. The van der Waals surface area contributed by atoms with Crippen LogP contribution in [0.25, 0.3) is 0 Å². The molecule has 1 fully saturated rings. The van der Waals surface area contributed by atoms with E-state index in [0.717, 1.165) is 24.7 Å². The van der Waals surface area contributed by atoms with Crippen LogP contribution in [-0.4, -0.2) is 34.2 Å². The molecule has 1 aliphatic heterocycles. The van der Waals surface area contributed by atoms with Gasteiger partial charge in [0.1, 0.15) is 0 Å². The second-order valence-electron chi connectivity index (χ2n) is 4.82. The Morgan fingerprint density at radius 2 is 2.41 bits per heavy atom. The second-order valence-corrected chi connectivity index (χ2v) is 5.97. The summed E-state index contributed by atoms with van der Waals surface area (Å²) in [6.07, 6.45) is 3.47. The number of nitrogens with one attached hydrogen (secondary N) is 1. The van der Waals surface area contributed by atoms with Crippen LogP contribution in [0.3, 0.4) is 0 Å². The fraction of sp³-hybridized carbons (Fsp3) is 0.833. The normalized spacial score (nSPS) is 21.0. The smallest absolute Gasteiger partial charge is 0.227 e. The first-order valence-corrected chi connectivity index (χ1v) is 7.55. The highest BCUT2D eigenvalue weighted by molar-refractivity contribution is 7.99. The summed E-state index contributed by atoms with van der Waals surface area (Å²) in [6.45, 7) is 5.09. The molecule has 2 heterocycles. The molecule has 1 N–H and O–H groups in total. The molecule has 1 aromatic heterocycles. The van der Waals surface area contributed by atoms with Crippen LogP contribution in [0.4, 0.5) is 0 Å². The van der Waals surface area contributed by atoms with Gasteiger partial charge in [0.2, 0.25) is 5.89 Å². The molecule has 1 saturated heterocycles. The van der Waals surface area contributed by atoms with Crippen LogP contribution in [0.15, 0.2) is 4.52 Å². The molecule has 0 saturated carbocycles. The topological polar surface area (TPSA) is 51.0 Å². The molecule has 2 rings (SSSR count). The third-order valence-corrected chi connectivity index (χ3v) is 4.15. The fourth-order valence-electron chi connectivity index (χ4n) is 1.89. The maximum atomic E-state index is 5.21. The third kappa shape index (κ3) is 4.00. The van der Waals surface area contributed by atoms with Gasteiger partial charge in [-0.05, 0) is 18.6 Å². The summed E-state index contributed by atoms with van der Waals surface area (Å²) in [4.78, 5) is 4.37. The minimum Gasteiger partial charge on any atom is -0.339 e. The van der Waals surface area contributed by atoms with E-state index in [1.54, 1.807) is 0 Å².